The van der Waals surface area contributed by atoms with Crippen LogP contribution in [0.3, 0.4) is 0 Å². The monoisotopic (exact) mass is 408 g/mol. The molecule has 2 heterocycles. The third kappa shape index (κ3) is 3.32. The number of aromatic nitrogens is 4. The van der Waals surface area contributed by atoms with E-state index in [1.165, 1.54) is 10.2 Å². The summed E-state index contributed by atoms with van der Waals surface area (Å²) in [5.74, 6) is 0.755. The molecule has 0 radical (unpaired) electrons. The van der Waals surface area contributed by atoms with Crippen LogP contribution >= 0.6 is 0 Å². The van der Waals surface area contributed by atoms with Crippen LogP contribution in [-0.4, -0.2) is 19.9 Å². The average molecular weight is 408 g/mol. The second-order valence-electron chi connectivity index (χ2n) is 7.37. The molecule has 0 fully saturated rings. The summed E-state index contributed by atoms with van der Waals surface area (Å²) in [6.07, 6.45) is 0.966. The minimum Gasteiger partial charge on any atom is -0.332 e. The van der Waals surface area contributed by atoms with Gasteiger partial charge in [0, 0.05) is 10.9 Å². The normalized spacial score (nSPS) is 11.2. The minimum atomic E-state index is -0.191. The summed E-state index contributed by atoms with van der Waals surface area (Å²) in [7, 11) is 0. The van der Waals surface area contributed by atoms with Crippen LogP contribution < -0.4 is 5.56 Å². The second-order valence-corrected chi connectivity index (χ2v) is 7.37. The molecule has 5 rings (SSSR count). The van der Waals surface area contributed by atoms with Gasteiger partial charge in [-0.2, -0.15) is 14.8 Å². The van der Waals surface area contributed by atoms with Crippen molar-refractivity contribution >= 4 is 10.8 Å². The number of rotatable bonds is 4. The highest BCUT2D eigenvalue weighted by molar-refractivity contribution is 5.92. The van der Waals surface area contributed by atoms with Gasteiger partial charge in [0.1, 0.15) is 0 Å². The Morgan fingerprint density at radius 1 is 0.903 bits per heavy atom. The van der Waals surface area contributed by atoms with Crippen LogP contribution in [0.15, 0.2) is 82.1 Å². The van der Waals surface area contributed by atoms with E-state index < -0.39 is 0 Å². The number of benzene rings is 3. The zero-order valence-electron chi connectivity index (χ0n) is 17.2. The van der Waals surface area contributed by atoms with Crippen LogP contribution in [0.4, 0.5) is 0 Å². The van der Waals surface area contributed by atoms with Crippen molar-refractivity contribution in [2.24, 2.45) is 0 Å². The number of hydrogen-bond donors (Lipinski definition) is 0. The van der Waals surface area contributed by atoms with Crippen molar-refractivity contribution in [1.29, 1.82) is 0 Å². The molecule has 0 unspecified atom stereocenters. The molecule has 0 saturated heterocycles. The molecule has 0 spiro atoms. The fourth-order valence-corrected chi connectivity index (χ4v) is 3.64. The van der Waals surface area contributed by atoms with Gasteiger partial charge < -0.3 is 4.52 Å². The molecule has 6 heteroatoms. The van der Waals surface area contributed by atoms with Crippen molar-refractivity contribution in [3.8, 4) is 28.7 Å². The van der Waals surface area contributed by atoms with Gasteiger partial charge in [-0.3, -0.25) is 4.79 Å². The van der Waals surface area contributed by atoms with Gasteiger partial charge in [0.25, 0.3) is 11.4 Å². The standard InChI is InChI=1S/C25H20N4O2/c1-3-17-12-14-18(15-13-17)23-26-24(31-28-23)22-19-9-5-6-10-20(19)25(30)29(27-22)21-11-7-4-8-16(21)2/h4-15H,3H2,1-2H3. The van der Waals surface area contributed by atoms with Crippen LogP contribution in [0.25, 0.3) is 39.4 Å². The number of nitrogens with zero attached hydrogens (tertiary/aromatic N) is 4. The molecule has 0 N–H and O–H groups in total. The molecule has 5 aromatic rings. The van der Waals surface area contributed by atoms with Gasteiger partial charge in [-0.05, 0) is 36.6 Å². The van der Waals surface area contributed by atoms with Gasteiger partial charge in [-0.15, -0.1) is 0 Å². The SMILES string of the molecule is CCc1ccc(-c2noc(-c3nn(-c4ccccc4C)c(=O)c4ccccc34)n2)cc1. The smallest absolute Gasteiger partial charge is 0.279 e. The highest BCUT2D eigenvalue weighted by Gasteiger charge is 2.19. The quantitative estimate of drug-likeness (QED) is 0.420. The van der Waals surface area contributed by atoms with Gasteiger partial charge in [0.2, 0.25) is 5.82 Å². The molecule has 0 aliphatic heterocycles. The van der Waals surface area contributed by atoms with E-state index in [0.29, 0.717) is 22.3 Å². The van der Waals surface area contributed by atoms with Crippen molar-refractivity contribution in [2.75, 3.05) is 0 Å². The number of hydrogen-bond acceptors (Lipinski definition) is 5. The lowest BCUT2D eigenvalue weighted by atomic mass is 10.1. The van der Waals surface area contributed by atoms with Gasteiger partial charge >= 0.3 is 0 Å². The van der Waals surface area contributed by atoms with Crippen LogP contribution in [0.2, 0.25) is 0 Å². The van der Waals surface area contributed by atoms with E-state index in [1.807, 2.05) is 61.5 Å². The Morgan fingerprint density at radius 3 is 2.35 bits per heavy atom. The molecule has 6 nitrogen and oxygen atoms in total. The lowest BCUT2D eigenvalue weighted by Crippen LogP contribution is -2.23. The van der Waals surface area contributed by atoms with Crippen LogP contribution in [0.1, 0.15) is 18.1 Å². The second kappa shape index (κ2) is 7.65. The van der Waals surface area contributed by atoms with Crippen molar-refractivity contribution in [1.82, 2.24) is 19.9 Å². The van der Waals surface area contributed by atoms with Crippen LogP contribution in [0.5, 0.6) is 0 Å². The predicted molar refractivity (Wildman–Crippen MR) is 120 cm³/mol. The Balaban J connectivity index is 1.70. The number of aryl methyl sites for hydroxylation is 2. The third-order valence-corrected chi connectivity index (χ3v) is 5.40. The molecule has 0 saturated carbocycles. The van der Waals surface area contributed by atoms with Crippen molar-refractivity contribution in [3.05, 3.63) is 94.3 Å². The topological polar surface area (TPSA) is 73.8 Å². The Morgan fingerprint density at radius 2 is 1.61 bits per heavy atom. The Bertz CT molecular complexity index is 1450. The molecule has 0 aliphatic rings. The molecule has 0 atom stereocenters. The van der Waals surface area contributed by atoms with Gasteiger partial charge in [-0.1, -0.05) is 72.7 Å². The Kier molecular flexibility index (Phi) is 4.67. The van der Waals surface area contributed by atoms with Crippen molar-refractivity contribution in [3.63, 3.8) is 0 Å². The van der Waals surface area contributed by atoms with Gasteiger partial charge in [0.05, 0.1) is 11.1 Å². The third-order valence-electron chi connectivity index (χ3n) is 5.40. The maximum Gasteiger partial charge on any atom is 0.279 e. The largest absolute Gasteiger partial charge is 0.332 e. The summed E-state index contributed by atoms with van der Waals surface area (Å²) in [4.78, 5) is 17.8. The lowest BCUT2D eigenvalue weighted by molar-refractivity contribution is 0.430. The first kappa shape index (κ1) is 18.9. The Hall–Kier alpha value is -4.06. The van der Waals surface area contributed by atoms with E-state index >= 15 is 0 Å². The molecular formula is C25H20N4O2. The minimum absolute atomic E-state index is 0.191. The molecule has 0 aliphatic carbocycles. The summed E-state index contributed by atoms with van der Waals surface area (Å²) >= 11 is 0. The summed E-state index contributed by atoms with van der Waals surface area (Å²) < 4.78 is 7.00. The van der Waals surface area contributed by atoms with E-state index in [0.717, 1.165) is 23.2 Å². The first-order chi connectivity index (χ1) is 15.2. The van der Waals surface area contributed by atoms with Crippen LogP contribution in [0, 0.1) is 6.92 Å². The average Bonchev–Trinajstić information content (AvgIpc) is 3.30. The van der Waals surface area contributed by atoms with Gasteiger partial charge in [0.15, 0.2) is 5.69 Å². The highest BCUT2D eigenvalue weighted by Crippen LogP contribution is 2.27. The fourth-order valence-electron chi connectivity index (χ4n) is 3.64. The zero-order chi connectivity index (χ0) is 21.4. The van der Waals surface area contributed by atoms with E-state index in [2.05, 4.69) is 34.3 Å². The summed E-state index contributed by atoms with van der Waals surface area (Å²) in [6, 6.07) is 23.0. The molecule has 152 valence electrons. The Labute approximate surface area is 178 Å². The maximum atomic E-state index is 13.2. The first-order valence-electron chi connectivity index (χ1n) is 10.2. The van der Waals surface area contributed by atoms with E-state index in [9.17, 15) is 4.79 Å². The lowest BCUT2D eigenvalue weighted by Gasteiger charge is -2.11. The summed E-state index contributed by atoms with van der Waals surface area (Å²) in [6.45, 7) is 4.06. The molecular weight excluding hydrogens is 388 g/mol. The molecule has 2 aromatic heterocycles. The maximum absolute atomic E-state index is 13.2. The van der Waals surface area contributed by atoms with Gasteiger partial charge in [-0.25, -0.2) is 0 Å². The number of para-hydroxylation sites is 1. The number of fused-ring (bicyclic) bond motifs is 1. The van der Waals surface area contributed by atoms with E-state index in [4.69, 9.17) is 4.52 Å². The molecule has 0 bridgehead atoms. The fraction of sp³-hybridized carbons (Fsp3) is 0.120. The predicted octanol–water partition coefficient (Wildman–Crippen LogP) is 4.97. The first-order valence-corrected chi connectivity index (χ1v) is 10.2. The zero-order valence-corrected chi connectivity index (χ0v) is 17.2. The van der Waals surface area contributed by atoms with E-state index in [1.54, 1.807) is 6.07 Å². The molecule has 31 heavy (non-hydrogen) atoms. The molecule has 3 aromatic carbocycles. The van der Waals surface area contributed by atoms with Crippen LogP contribution in [-0.2, 0) is 6.42 Å². The van der Waals surface area contributed by atoms with Crippen molar-refractivity contribution < 1.29 is 4.52 Å². The van der Waals surface area contributed by atoms with Crippen molar-refractivity contribution in [2.45, 2.75) is 20.3 Å². The summed E-state index contributed by atoms with van der Waals surface area (Å²) in [5.41, 5.74) is 4.05. The highest BCUT2D eigenvalue weighted by atomic mass is 16.5. The molecule has 0 amide bonds. The van der Waals surface area contributed by atoms with E-state index in [-0.39, 0.29) is 11.4 Å². The summed E-state index contributed by atoms with van der Waals surface area (Å²) in [5, 5.41) is 10.0.